The number of carbonyl (C=O) groups excluding carboxylic acids is 1. The molecule has 0 radical (unpaired) electrons. The van der Waals surface area contributed by atoms with Gasteiger partial charge in [-0.15, -0.1) is 0 Å². The minimum Gasteiger partial charge on any atom is -0.338 e. The Balaban J connectivity index is 2.61. The molecule has 6 nitrogen and oxygen atoms in total. The molecule has 1 saturated heterocycles. The van der Waals surface area contributed by atoms with E-state index in [1.54, 1.807) is 4.90 Å². The number of nitrogens with one attached hydrogen (secondary N) is 1. The summed E-state index contributed by atoms with van der Waals surface area (Å²) in [5.74, 6) is 0.0255. The molecular formula is C11H23N3O3S. The predicted octanol–water partition coefficient (Wildman–Crippen LogP) is -0.522. The van der Waals surface area contributed by atoms with E-state index in [-0.39, 0.29) is 5.91 Å². The van der Waals surface area contributed by atoms with Crippen LogP contribution in [0.2, 0.25) is 0 Å². The molecule has 1 aliphatic rings. The summed E-state index contributed by atoms with van der Waals surface area (Å²) >= 11 is 0. The molecule has 1 N–H and O–H groups in total. The van der Waals surface area contributed by atoms with Crippen molar-refractivity contribution in [2.75, 3.05) is 39.0 Å². The van der Waals surface area contributed by atoms with Crippen LogP contribution in [0.4, 0.5) is 0 Å². The zero-order valence-electron chi connectivity index (χ0n) is 11.6. The van der Waals surface area contributed by atoms with Crippen LogP contribution in [0.15, 0.2) is 0 Å². The van der Waals surface area contributed by atoms with Gasteiger partial charge in [0.05, 0.1) is 11.8 Å². The summed E-state index contributed by atoms with van der Waals surface area (Å²) < 4.78 is 24.2. The SMILES string of the molecule is CCNC(C)(C)C(=O)N1CCN(S(C)(=O)=O)CC1. The van der Waals surface area contributed by atoms with Gasteiger partial charge in [-0.25, -0.2) is 8.42 Å². The van der Waals surface area contributed by atoms with E-state index in [1.165, 1.54) is 10.6 Å². The number of hydrogen-bond acceptors (Lipinski definition) is 4. The molecule has 0 aromatic carbocycles. The number of sulfonamides is 1. The van der Waals surface area contributed by atoms with E-state index in [0.29, 0.717) is 26.2 Å². The zero-order valence-corrected chi connectivity index (χ0v) is 12.4. The highest BCUT2D eigenvalue weighted by Gasteiger charge is 2.34. The summed E-state index contributed by atoms with van der Waals surface area (Å²) in [5, 5.41) is 3.14. The Kier molecular flexibility index (Phi) is 4.74. The van der Waals surface area contributed by atoms with Gasteiger partial charge < -0.3 is 10.2 Å². The molecule has 0 saturated carbocycles. The Morgan fingerprint density at radius 3 is 2.11 bits per heavy atom. The third kappa shape index (κ3) is 3.66. The Bertz CT molecular complexity index is 398. The summed E-state index contributed by atoms with van der Waals surface area (Å²) in [4.78, 5) is 14.0. The van der Waals surface area contributed by atoms with E-state index in [0.717, 1.165) is 6.54 Å². The normalized spacial score (nSPS) is 19.0. The Hall–Kier alpha value is -0.660. The Morgan fingerprint density at radius 2 is 1.72 bits per heavy atom. The fraction of sp³-hybridized carbons (Fsp3) is 0.909. The lowest BCUT2D eigenvalue weighted by Crippen LogP contribution is -2.59. The second-order valence-corrected chi connectivity index (χ2v) is 7.09. The average Bonchev–Trinajstić information content (AvgIpc) is 2.27. The van der Waals surface area contributed by atoms with Crippen LogP contribution in [0.5, 0.6) is 0 Å². The molecule has 18 heavy (non-hydrogen) atoms. The molecule has 0 bridgehead atoms. The third-order valence-corrected chi connectivity index (χ3v) is 4.45. The lowest BCUT2D eigenvalue weighted by Gasteiger charge is -2.37. The molecule has 1 rings (SSSR count). The molecule has 1 heterocycles. The van der Waals surface area contributed by atoms with E-state index >= 15 is 0 Å². The number of likely N-dealkylation sites (N-methyl/N-ethyl adjacent to an activating group) is 1. The number of carbonyl (C=O) groups is 1. The first kappa shape index (κ1) is 15.4. The standard InChI is InChI=1S/C11H23N3O3S/c1-5-12-11(2,3)10(15)13-6-8-14(9-7-13)18(4,16)17/h12H,5-9H2,1-4H3. The van der Waals surface area contributed by atoms with Gasteiger partial charge in [0.15, 0.2) is 0 Å². The molecule has 7 heteroatoms. The van der Waals surface area contributed by atoms with E-state index in [9.17, 15) is 13.2 Å². The van der Waals surface area contributed by atoms with Crippen molar-refractivity contribution in [2.45, 2.75) is 26.3 Å². The molecule has 1 aliphatic heterocycles. The van der Waals surface area contributed by atoms with Gasteiger partial charge in [0.2, 0.25) is 15.9 Å². The van der Waals surface area contributed by atoms with Crippen molar-refractivity contribution < 1.29 is 13.2 Å². The highest BCUT2D eigenvalue weighted by Crippen LogP contribution is 2.12. The number of rotatable bonds is 4. The van der Waals surface area contributed by atoms with Crippen molar-refractivity contribution in [3.8, 4) is 0 Å². The second kappa shape index (κ2) is 5.54. The van der Waals surface area contributed by atoms with E-state index in [1.807, 2.05) is 20.8 Å². The maximum atomic E-state index is 12.3. The van der Waals surface area contributed by atoms with E-state index in [2.05, 4.69) is 5.32 Å². The fourth-order valence-corrected chi connectivity index (χ4v) is 2.96. The number of piperazine rings is 1. The average molecular weight is 277 g/mol. The van der Waals surface area contributed by atoms with Crippen LogP contribution in [0.25, 0.3) is 0 Å². The van der Waals surface area contributed by atoms with Crippen LogP contribution in [-0.2, 0) is 14.8 Å². The molecule has 0 spiro atoms. The topological polar surface area (TPSA) is 69.7 Å². The highest BCUT2D eigenvalue weighted by molar-refractivity contribution is 7.88. The Morgan fingerprint density at radius 1 is 1.22 bits per heavy atom. The number of hydrogen-bond donors (Lipinski definition) is 1. The largest absolute Gasteiger partial charge is 0.338 e. The van der Waals surface area contributed by atoms with Crippen molar-refractivity contribution in [1.82, 2.24) is 14.5 Å². The quantitative estimate of drug-likeness (QED) is 0.750. The van der Waals surface area contributed by atoms with Gasteiger partial charge in [-0.2, -0.15) is 4.31 Å². The van der Waals surface area contributed by atoms with Crippen LogP contribution in [0.3, 0.4) is 0 Å². The second-order valence-electron chi connectivity index (χ2n) is 5.11. The summed E-state index contributed by atoms with van der Waals surface area (Å²) in [6.45, 7) is 8.06. The lowest BCUT2D eigenvalue weighted by molar-refractivity contribution is -0.138. The van der Waals surface area contributed by atoms with Crippen LogP contribution in [0, 0.1) is 0 Å². The van der Waals surface area contributed by atoms with Crippen molar-refractivity contribution in [2.24, 2.45) is 0 Å². The van der Waals surface area contributed by atoms with Crippen LogP contribution in [-0.4, -0.2) is 68.0 Å². The summed E-state index contributed by atoms with van der Waals surface area (Å²) in [7, 11) is -3.14. The van der Waals surface area contributed by atoms with Gasteiger partial charge in [0.25, 0.3) is 0 Å². The van der Waals surface area contributed by atoms with Gasteiger partial charge in [-0.3, -0.25) is 4.79 Å². The molecule has 0 atom stereocenters. The molecular weight excluding hydrogens is 254 g/mol. The summed E-state index contributed by atoms with van der Waals surface area (Å²) in [6, 6.07) is 0. The maximum Gasteiger partial charge on any atom is 0.242 e. The monoisotopic (exact) mass is 277 g/mol. The lowest BCUT2D eigenvalue weighted by atomic mass is 10.0. The van der Waals surface area contributed by atoms with Gasteiger partial charge in [-0.1, -0.05) is 6.92 Å². The highest BCUT2D eigenvalue weighted by atomic mass is 32.2. The zero-order chi connectivity index (χ0) is 14.0. The van der Waals surface area contributed by atoms with Crippen LogP contribution < -0.4 is 5.32 Å². The Labute approximate surface area is 109 Å². The van der Waals surface area contributed by atoms with Crippen molar-refractivity contribution >= 4 is 15.9 Å². The first-order valence-electron chi connectivity index (χ1n) is 6.18. The fourth-order valence-electron chi connectivity index (χ4n) is 2.14. The molecule has 0 aromatic rings. The molecule has 0 unspecified atom stereocenters. The third-order valence-electron chi connectivity index (χ3n) is 3.15. The first-order valence-corrected chi connectivity index (χ1v) is 8.03. The minimum atomic E-state index is -3.14. The minimum absolute atomic E-state index is 0.0255. The molecule has 1 amide bonds. The molecule has 106 valence electrons. The van der Waals surface area contributed by atoms with Gasteiger partial charge in [0.1, 0.15) is 0 Å². The van der Waals surface area contributed by atoms with Gasteiger partial charge in [-0.05, 0) is 20.4 Å². The van der Waals surface area contributed by atoms with Crippen molar-refractivity contribution in [3.05, 3.63) is 0 Å². The van der Waals surface area contributed by atoms with E-state index in [4.69, 9.17) is 0 Å². The van der Waals surface area contributed by atoms with Gasteiger partial charge >= 0.3 is 0 Å². The maximum absolute atomic E-state index is 12.3. The number of nitrogens with zero attached hydrogens (tertiary/aromatic N) is 2. The molecule has 0 aliphatic carbocycles. The number of amides is 1. The van der Waals surface area contributed by atoms with Crippen molar-refractivity contribution in [3.63, 3.8) is 0 Å². The molecule has 0 aromatic heterocycles. The van der Waals surface area contributed by atoms with Crippen molar-refractivity contribution in [1.29, 1.82) is 0 Å². The summed E-state index contributed by atoms with van der Waals surface area (Å²) in [5.41, 5.74) is -0.595. The van der Waals surface area contributed by atoms with E-state index < -0.39 is 15.6 Å². The summed E-state index contributed by atoms with van der Waals surface area (Å²) in [6.07, 6.45) is 1.20. The van der Waals surface area contributed by atoms with Gasteiger partial charge in [0, 0.05) is 26.2 Å². The first-order chi connectivity index (χ1) is 8.18. The molecule has 1 fully saturated rings. The van der Waals surface area contributed by atoms with Crippen LogP contribution in [0.1, 0.15) is 20.8 Å². The smallest absolute Gasteiger partial charge is 0.242 e. The predicted molar refractivity (Wildman–Crippen MR) is 70.8 cm³/mol. The van der Waals surface area contributed by atoms with Crippen LogP contribution >= 0.6 is 0 Å².